The zero-order valence-electron chi connectivity index (χ0n) is 12.8. The minimum absolute atomic E-state index is 0.163. The fourth-order valence-electron chi connectivity index (χ4n) is 3.50. The van der Waals surface area contributed by atoms with Crippen molar-refractivity contribution in [2.24, 2.45) is 11.8 Å². The van der Waals surface area contributed by atoms with Gasteiger partial charge >= 0.3 is 0 Å². The molecule has 1 amide bonds. The lowest BCUT2D eigenvalue weighted by molar-refractivity contribution is -0.135. The highest BCUT2D eigenvalue weighted by atomic mass is 19.1. The van der Waals surface area contributed by atoms with Gasteiger partial charge in [-0.15, -0.1) is 0 Å². The maximum Gasteiger partial charge on any atom is 0.241 e. The van der Waals surface area contributed by atoms with Crippen LogP contribution >= 0.6 is 0 Å². The lowest BCUT2D eigenvalue weighted by Gasteiger charge is -2.42. The monoisotopic (exact) mass is 290 g/mol. The van der Waals surface area contributed by atoms with Crippen LogP contribution in [0, 0.1) is 17.7 Å². The second kappa shape index (κ2) is 5.41. The molecule has 114 valence electrons. The number of carbonyl (C=O) groups is 1. The quantitative estimate of drug-likeness (QED) is 0.928. The smallest absolute Gasteiger partial charge is 0.241 e. The molecule has 0 bridgehead atoms. The summed E-state index contributed by atoms with van der Waals surface area (Å²) >= 11 is 0. The Kier molecular flexibility index (Phi) is 3.74. The Balaban J connectivity index is 1.90. The third kappa shape index (κ3) is 2.57. The summed E-state index contributed by atoms with van der Waals surface area (Å²) in [5.41, 5.74) is 0.839. The molecule has 1 saturated heterocycles. The Morgan fingerprint density at radius 3 is 2.62 bits per heavy atom. The number of hydrogen-bond donors (Lipinski definition) is 1. The van der Waals surface area contributed by atoms with Gasteiger partial charge < -0.3 is 4.90 Å². The highest BCUT2D eigenvalue weighted by Crippen LogP contribution is 2.39. The van der Waals surface area contributed by atoms with Gasteiger partial charge in [0.15, 0.2) is 0 Å². The zero-order chi connectivity index (χ0) is 15.1. The van der Waals surface area contributed by atoms with Crippen LogP contribution in [0.3, 0.4) is 0 Å². The topological polar surface area (TPSA) is 32.3 Å². The molecule has 1 aliphatic heterocycles. The van der Waals surface area contributed by atoms with Gasteiger partial charge in [0.2, 0.25) is 5.91 Å². The van der Waals surface area contributed by atoms with Gasteiger partial charge in [-0.1, -0.05) is 32.9 Å². The number of nitrogens with one attached hydrogen (secondary N) is 1. The molecule has 2 unspecified atom stereocenters. The summed E-state index contributed by atoms with van der Waals surface area (Å²) in [6.45, 7) is 6.30. The average molecular weight is 290 g/mol. The molecular weight excluding hydrogens is 267 g/mol. The number of nitrogens with zero attached hydrogens (tertiary/aromatic N) is 1. The number of benzene rings is 1. The molecule has 4 heteroatoms. The Bertz CT molecular complexity index is 539. The van der Waals surface area contributed by atoms with E-state index in [0.29, 0.717) is 5.92 Å². The van der Waals surface area contributed by atoms with Gasteiger partial charge in [-0.25, -0.2) is 4.39 Å². The van der Waals surface area contributed by atoms with Crippen molar-refractivity contribution in [1.29, 1.82) is 0 Å². The predicted molar refractivity (Wildman–Crippen MR) is 79.9 cm³/mol. The van der Waals surface area contributed by atoms with E-state index in [1.165, 1.54) is 12.1 Å². The molecule has 1 aromatic rings. The van der Waals surface area contributed by atoms with E-state index in [2.05, 4.69) is 12.2 Å². The van der Waals surface area contributed by atoms with Crippen LogP contribution in [-0.4, -0.2) is 22.9 Å². The van der Waals surface area contributed by atoms with E-state index in [1.54, 1.807) is 6.07 Å². The number of rotatable bonds is 3. The summed E-state index contributed by atoms with van der Waals surface area (Å²) in [4.78, 5) is 14.7. The summed E-state index contributed by atoms with van der Waals surface area (Å²) in [7, 11) is 0. The van der Waals surface area contributed by atoms with Gasteiger partial charge in [-0.05, 0) is 42.4 Å². The summed E-state index contributed by atoms with van der Waals surface area (Å²) in [5, 5.41) is 3.41. The maximum atomic E-state index is 13.5. The second-order valence-electron chi connectivity index (χ2n) is 6.82. The number of hydrogen-bond acceptors (Lipinski definition) is 2. The molecule has 2 aliphatic rings. The molecule has 2 fully saturated rings. The standard InChI is InChI=1S/C17H23FN2O/c1-10(2)15-17(21)20(14-7-11(3)8-14)16(19-15)12-5-4-6-13(18)9-12/h4-6,9-11,14-16,19H,7-8H2,1-3H3. The first kappa shape index (κ1) is 14.5. The SMILES string of the molecule is CC1CC(N2C(=O)C(C(C)C)NC2c2cccc(F)c2)C1. The summed E-state index contributed by atoms with van der Waals surface area (Å²) < 4.78 is 13.5. The lowest BCUT2D eigenvalue weighted by Crippen LogP contribution is -2.47. The molecule has 3 rings (SSSR count). The van der Waals surface area contributed by atoms with E-state index in [4.69, 9.17) is 0 Å². The maximum absolute atomic E-state index is 13.5. The predicted octanol–water partition coefficient (Wildman–Crippen LogP) is 3.08. The van der Waals surface area contributed by atoms with Gasteiger partial charge in [0.05, 0.1) is 6.04 Å². The Hall–Kier alpha value is -1.42. The van der Waals surface area contributed by atoms with E-state index in [9.17, 15) is 9.18 Å². The summed E-state index contributed by atoms with van der Waals surface area (Å²) in [6, 6.07) is 6.69. The van der Waals surface area contributed by atoms with Crippen molar-refractivity contribution in [1.82, 2.24) is 10.2 Å². The van der Waals surface area contributed by atoms with Crippen molar-refractivity contribution in [3.63, 3.8) is 0 Å². The first-order chi connectivity index (χ1) is 9.97. The minimum Gasteiger partial charge on any atom is -0.319 e. The van der Waals surface area contributed by atoms with Crippen LogP contribution in [0.5, 0.6) is 0 Å². The van der Waals surface area contributed by atoms with E-state index in [-0.39, 0.29) is 35.9 Å². The zero-order valence-corrected chi connectivity index (χ0v) is 12.8. The van der Waals surface area contributed by atoms with Crippen LogP contribution in [0.15, 0.2) is 24.3 Å². The van der Waals surface area contributed by atoms with Crippen LogP contribution in [0.2, 0.25) is 0 Å². The van der Waals surface area contributed by atoms with Crippen LogP contribution in [0.25, 0.3) is 0 Å². The van der Waals surface area contributed by atoms with E-state index in [0.717, 1.165) is 18.4 Å². The Morgan fingerprint density at radius 2 is 2.05 bits per heavy atom. The van der Waals surface area contributed by atoms with E-state index in [1.807, 2.05) is 24.8 Å². The Labute approximate surface area is 125 Å². The van der Waals surface area contributed by atoms with Crippen LogP contribution < -0.4 is 5.32 Å². The molecule has 1 heterocycles. The largest absolute Gasteiger partial charge is 0.319 e. The fraction of sp³-hybridized carbons (Fsp3) is 0.588. The van der Waals surface area contributed by atoms with E-state index < -0.39 is 0 Å². The molecule has 1 aromatic carbocycles. The van der Waals surface area contributed by atoms with Crippen molar-refractivity contribution in [2.75, 3.05) is 0 Å². The minimum atomic E-state index is -0.253. The van der Waals surface area contributed by atoms with Gasteiger partial charge in [-0.3, -0.25) is 10.1 Å². The van der Waals surface area contributed by atoms with Crippen molar-refractivity contribution in [3.8, 4) is 0 Å². The normalized spacial score (nSPS) is 32.6. The highest BCUT2D eigenvalue weighted by molar-refractivity contribution is 5.85. The summed E-state index contributed by atoms with van der Waals surface area (Å²) in [5.74, 6) is 0.818. The van der Waals surface area contributed by atoms with Gasteiger partial charge in [-0.2, -0.15) is 0 Å². The van der Waals surface area contributed by atoms with E-state index >= 15 is 0 Å². The van der Waals surface area contributed by atoms with Gasteiger partial charge in [0.25, 0.3) is 0 Å². The number of carbonyl (C=O) groups excluding carboxylic acids is 1. The van der Waals surface area contributed by atoms with Crippen molar-refractivity contribution < 1.29 is 9.18 Å². The molecule has 1 N–H and O–H groups in total. The Morgan fingerprint density at radius 1 is 1.33 bits per heavy atom. The first-order valence-corrected chi connectivity index (χ1v) is 7.81. The number of amides is 1. The molecule has 0 aromatic heterocycles. The van der Waals surface area contributed by atoms with Crippen molar-refractivity contribution in [3.05, 3.63) is 35.6 Å². The average Bonchev–Trinajstić information content (AvgIpc) is 2.73. The molecule has 3 nitrogen and oxygen atoms in total. The van der Waals surface area contributed by atoms with Crippen LogP contribution in [0.4, 0.5) is 4.39 Å². The lowest BCUT2D eigenvalue weighted by atomic mass is 9.80. The molecule has 0 spiro atoms. The second-order valence-corrected chi connectivity index (χ2v) is 6.82. The first-order valence-electron chi connectivity index (χ1n) is 7.81. The fourth-order valence-corrected chi connectivity index (χ4v) is 3.50. The number of halogens is 1. The molecule has 21 heavy (non-hydrogen) atoms. The summed E-state index contributed by atoms with van der Waals surface area (Å²) in [6.07, 6.45) is 1.90. The highest BCUT2D eigenvalue weighted by Gasteiger charge is 2.47. The van der Waals surface area contributed by atoms with Crippen LogP contribution in [-0.2, 0) is 4.79 Å². The third-order valence-electron chi connectivity index (χ3n) is 4.71. The third-order valence-corrected chi connectivity index (χ3v) is 4.71. The van der Waals surface area contributed by atoms with Crippen molar-refractivity contribution in [2.45, 2.75) is 51.9 Å². The van der Waals surface area contributed by atoms with Gasteiger partial charge in [0.1, 0.15) is 12.0 Å². The van der Waals surface area contributed by atoms with Crippen LogP contribution in [0.1, 0.15) is 45.3 Å². The molecular formula is C17H23FN2O. The molecule has 1 saturated carbocycles. The van der Waals surface area contributed by atoms with Gasteiger partial charge in [0, 0.05) is 6.04 Å². The molecule has 1 aliphatic carbocycles. The molecule has 0 radical (unpaired) electrons. The van der Waals surface area contributed by atoms with Crippen molar-refractivity contribution >= 4 is 5.91 Å². The molecule has 2 atom stereocenters.